The van der Waals surface area contributed by atoms with E-state index in [2.05, 4.69) is 10.5 Å². The molecule has 0 aliphatic heterocycles. The Kier molecular flexibility index (Phi) is 5.57. The molecule has 7 heteroatoms. The lowest BCUT2D eigenvalue weighted by Gasteiger charge is -2.07. The fourth-order valence-corrected chi connectivity index (χ4v) is 3.09. The maximum Gasteiger partial charge on any atom is 0.338 e. The molecule has 1 N–H and O–H groups in total. The number of fused-ring (bicyclic) bond motifs is 1. The molecule has 0 aliphatic rings. The van der Waals surface area contributed by atoms with Crippen molar-refractivity contribution in [2.24, 2.45) is 0 Å². The Morgan fingerprint density at radius 1 is 0.935 bits per heavy atom. The summed E-state index contributed by atoms with van der Waals surface area (Å²) in [6, 6.07) is 20.8. The molecule has 4 aromatic rings. The number of ether oxygens (including phenoxy) is 1. The minimum atomic E-state index is -0.644. The van der Waals surface area contributed by atoms with Gasteiger partial charge < -0.3 is 14.6 Å². The van der Waals surface area contributed by atoms with Crippen LogP contribution in [0.1, 0.15) is 27.6 Å². The number of esters is 1. The molecular weight excluding hydrogens is 396 g/mol. The summed E-state index contributed by atoms with van der Waals surface area (Å²) in [7, 11) is 0. The number of benzene rings is 3. The first kappa shape index (κ1) is 20.0. The van der Waals surface area contributed by atoms with Crippen molar-refractivity contribution in [3.63, 3.8) is 0 Å². The number of ketones is 1. The van der Waals surface area contributed by atoms with E-state index in [4.69, 9.17) is 9.26 Å². The lowest BCUT2D eigenvalue weighted by molar-refractivity contribution is -0.119. The van der Waals surface area contributed by atoms with Crippen LogP contribution >= 0.6 is 0 Å². The molecule has 154 valence electrons. The zero-order valence-corrected chi connectivity index (χ0v) is 16.6. The Morgan fingerprint density at radius 2 is 1.74 bits per heavy atom. The molecule has 4 rings (SSSR count). The third kappa shape index (κ3) is 4.51. The monoisotopic (exact) mass is 414 g/mol. The Labute approximate surface area is 177 Å². The Bertz CT molecular complexity index is 1280. The van der Waals surface area contributed by atoms with E-state index >= 15 is 0 Å². The fraction of sp³-hybridized carbons (Fsp3) is 0.0833. The summed E-state index contributed by atoms with van der Waals surface area (Å²) in [5, 5.41) is 7.30. The second-order valence-electron chi connectivity index (χ2n) is 6.87. The van der Waals surface area contributed by atoms with Crippen LogP contribution in [0.5, 0.6) is 0 Å². The second-order valence-corrected chi connectivity index (χ2v) is 6.87. The van der Waals surface area contributed by atoms with Gasteiger partial charge in [0.1, 0.15) is 5.52 Å². The standard InChI is InChI=1S/C24H18N2O5/c1-15(27)17-8-5-9-19(12-17)25-22(28)14-30-24(29)18-10-11-21-20(13-18)23(31-26-21)16-6-3-2-4-7-16/h2-13H,14H2,1H3,(H,25,28). The highest BCUT2D eigenvalue weighted by Crippen LogP contribution is 2.29. The summed E-state index contributed by atoms with van der Waals surface area (Å²) in [5.74, 6) is -0.713. The van der Waals surface area contributed by atoms with Gasteiger partial charge in [-0.2, -0.15) is 0 Å². The molecule has 0 saturated carbocycles. The van der Waals surface area contributed by atoms with Gasteiger partial charge in [-0.3, -0.25) is 9.59 Å². The van der Waals surface area contributed by atoms with Crippen LogP contribution in [-0.2, 0) is 9.53 Å². The third-order valence-electron chi connectivity index (χ3n) is 4.64. The molecule has 1 amide bonds. The van der Waals surface area contributed by atoms with Gasteiger partial charge in [-0.1, -0.05) is 47.6 Å². The number of anilines is 1. The van der Waals surface area contributed by atoms with Crippen molar-refractivity contribution in [3.8, 4) is 11.3 Å². The molecule has 0 atom stereocenters. The van der Waals surface area contributed by atoms with E-state index in [0.29, 0.717) is 27.9 Å². The quantitative estimate of drug-likeness (QED) is 0.369. The smallest absolute Gasteiger partial charge is 0.338 e. The predicted molar refractivity (Wildman–Crippen MR) is 115 cm³/mol. The second kappa shape index (κ2) is 8.62. The molecule has 3 aromatic carbocycles. The van der Waals surface area contributed by atoms with Gasteiger partial charge in [-0.25, -0.2) is 4.79 Å². The van der Waals surface area contributed by atoms with Crippen LogP contribution in [0.25, 0.3) is 22.2 Å². The number of carbonyl (C=O) groups excluding carboxylic acids is 3. The molecule has 0 fully saturated rings. The van der Waals surface area contributed by atoms with Crippen LogP contribution in [0.15, 0.2) is 77.3 Å². The van der Waals surface area contributed by atoms with Crippen LogP contribution in [0.2, 0.25) is 0 Å². The van der Waals surface area contributed by atoms with E-state index < -0.39 is 18.5 Å². The number of nitrogens with zero attached hydrogens (tertiary/aromatic N) is 1. The van der Waals surface area contributed by atoms with Crippen LogP contribution < -0.4 is 5.32 Å². The zero-order valence-electron chi connectivity index (χ0n) is 16.6. The van der Waals surface area contributed by atoms with E-state index in [0.717, 1.165) is 5.56 Å². The summed E-state index contributed by atoms with van der Waals surface area (Å²) >= 11 is 0. The van der Waals surface area contributed by atoms with Crippen LogP contribution in [-0.4, -0.2) is 29.4 Å². The van der Waals surface area contributed by atoms with Gasteiger partial charge in [-0.15, -0.1) is 0 Å². The molecule has 31 heavy (non-hydrogen) atoms. The predicted octanol–water partition coefficient (Wildman–Crippen LogP) is 4.49. The van der Waals surface area contributed by atoms with Crippen LogP contribution in [0, 0.1) is 0 Å². The Morgan fingerprint density at radius 3 is 2.52 bits per heavy atom. The zero-order chi connectivity index (χ0) is 21.8. The average Bonchev–Trinajstić information content (AvgIpc) is 3.21. The largest absolute Gasteiger partial charge is 0.452 e. The van der Waals surface area contributed by atoms with Crippen molar-refractivity contribution < 1.29 is 23.6 Å². The first-order valence-electron chi connectivity index (χ1n) is 9.54. The number of hydrogen-bond acceptors (Lipinski definition) is 6. The van der Waals surface area contributed by atoms with Crippen molar-refractivity contribution in [2.75, 3.05) is 11.9 Å². The average molecular weight is 414 g/mol. The number of nitrogens with one attached hydrogen (secondary N) is 1. The number of Topliss-reactive ketones (excluding diaryl/α,β-unsaturated/α-hetero) is 1. The summed E-state index contributed by atoms with van der Waals surface area (Å²) in [4.78, 5) is 36.1. The van der Waals surface area contributed by atoms with E-state index in [1.807, 2.05) is 30.3 Å². The lowest BCUT2D eigenvalue weighted by Crippen LogP contribution is -2.21. The van der Waals surface area contributed by atoms with E-state index in [-0.39, 0.29) is 11.3 Å². The van der Waals surface area contributed by atoms with Gasteiger partial charge in [0, 0.05) is 16.8 Å². The first-order chi connectivity index (χ1) is 15.0. The van der Waals surface area contributed by atoms with Gasteiger partial charge >= 0.3 is 5.97 Å². The maximum absolute atomic E-state index is 12.5. The van der Waals surface area contributed by atoms with Gasteiger partial charge in [0.2, 0.25) is 0 Å². The van der Waals surface area contributed by atoms with Gasteiger partial charge in [0.25, 0.3) is 5.91 Å². The molecule has 7 nitrogen and oxygen atoms in total. The summed E-state index contributed by atoms with van der Waals surface area (Å²) < 4.78 is 10.6. The highest BCUT2D eigenvalue weighted by atomic mass is 16.5. The summed E-state index contributed by atoms with van der Waals surface area (Å²) in [6.45, 7) is 0.981. The molecule has 0 spiro atoms. The van der Waals surface area contributed by atoms with E-state index in [1.54, 1.807) is 42.5 Å². The number of hydrogen-bond donors (Lipinski definition) is 1. The number of amides is 1. The molecule has 0 unspecified atom stereocenters. The third-order valence-corrected chi connectivity index (χ3v) is 4.64. The van der Waals surface area contributed by atoms with Crippen molar-refractivity contribution in [2.45, 2.75) is 6.92 Å². The molecule has 0 radical (unpaired) electrons. The van der Waals surface area contributed by atoms with Crippen molar-refractivity contribution in [1.29, 1.82) is 0 Å². The topological polar surface area (TPSA) is 98.5 Å². The van der Waals surface area contributed by atoms with E-state index in [9.17, 15) is 14.4 Å². The normalized spacial score (nSPS) is 10.6. The summed E-state index contributed by atoms with van der Waals surface area (Å²) in [5.41, 5.74) is 2.65. The molecule has 1 aromatic heterocycles. The van der Waals surface area contributed by atoms with Gasteiger partial charge in [-0.05, 0) is 37.3 Å². The molecule has 0 bridgehead atoms. The van der Waals surface area contributed by atoms with Crippen molar-refractivity contribution >= 4 is 34.3 Å². The Hall–Kier alpha value is -4.26. The van der Waals surface area contributed by atoms with Crippen LogP contribution in [0.3, 0.4) is 0 Å². The lowest BCUT2D eigenvalue weighted by atomic mass is 10.1. The number of rotatable bonds is 6. The number of carbonyl (C=O) groups is 3. The molecular formula is C24H18N2O5. The van der Waals surface area contributed by atoms with Gasteiger partial charge in [0.05, 0.1) is 10.9 Å². The fourth-order valence-electron chi connectivity index (χ4n) is 3.09. The van der Waals surface area contributed by atoms with Crippen molar-refractivity contribution in [3.05, 3.63) is 83.9 Å². The van der Waals surface area contributed by atoms with E-state index in [1.165, 1.54) is 6.92 Å². The maximum atomic E-state index is 12.5. The summed E-state index contributed by atoms with van der Waals surface area (Å²) in [6.07, 6.45) is 0. The molecule has 0 saturated heterocycles. The molecule has 0 aliphatic carbocycles. The minimum Gasteiger partial charge on any atom is -0.452 e. The van der Waals surface area contributed by atoms with Gasteiger partial charge in [0.15, 0.2) is 18.2 Å². The van der Waals surface area contributed by atoms with Crippen LogP contribution in [0.4, 0.5) is 5.69 Å². The highest BCUT2D eigenvalue weighted by molar-refractivity contribution is 6.00. The number of aromatic nitrogens is 1. The molecule has 1 heterocycles. The SMILES string of the molecule is CC(=O)c1cccc(NC(=O)COC(=O)c2ccc3noc(-c4ccccc4)c3c2)c1. The highest BCUT2D eigenvalue weighted by Gasteiger charge is 2.16. The minimum absolute atomic E-state index is 0.110. The van der Waals surface area contributed by atoms with Crippen molar-refractivity contribution in [1.82, 2.24) is 5.16 Å². The first-order valence-corrected chi connectivity index (χ1v) is 9.54. The Balaban J connectivity index is 1.44.